The van der Waals surface area contributed by atoms with E-state index in [1.54, 1.807) is 16.8 Å². The second-order valence-corrected chi connectivity index (χ2v) is 14.8. The molecule has 2 N–H and O–H groups in total. The third-order valence-electron chi connectivity index (χ3n) is 9.96. The second-order valence-electron chi connectivity index (χ2n) is 14.8. The van der Waals surface area contributed by atoms with E-state index in [1.807, 2.05) is 64.4 Å². The van der Waals surface area contributed by atoms with Gasteiger partial charge in [-0.1, -0.05) is 12.1 Å². The van der Waals surface area contributed by atoms with Gasteiger partial charge in [0.25, 0.3) is 0 Å². The Morgan fingerprint density at radius 2 is 1.78 bits per heavy atom. The van der Waals surface area contributed by atoms with Gasteiger partial charge in [-0.05, 0) is 121 Å². The van der Waals surface area contributed by atoms with Gasteiger partial charge in [0.05, 0.1) is 17.8 Å². The molecule has 0 spiro atoms. The lowest BCUT2D eigenvalue weighted by Gasteiger charge is -2.36. The number of nitrogens with two attached hydrogens (primary N) is 1. The third kappa shape index (κ3) is 7.14. The smallest absolute Gasteiger partial charge is 0.355 e. The van der Waals surface area contributed by atoms with Crippen LogP contribution in [0.3, 0.4) is 0 Å². The fourth-order valence-corrected chi connectivity index (χ4v) is 7.56. The molecule has 1 saturated heterocycles. The predicted octanol–water partition coefficient (Wildman–Crippen LogP) is 7.87. The first-order valence-corrected chi connectivity index (χ1v) is 17.6. The highest BCUT2D eigenvalue weighted by atomic mass is 19.1. The number of carbonyl (C=O) groups excluding carboxylic acids is 1. The molecule has 1 aliphatic rings. The number of halogens is 2. The molecule has 0 amide bonds. The quantitative estimate of drug-likeness (QED) is 0.119. The minimum absolute atomic E-state index is 0.141. The average molecular weight is 686 g/mol. The minimum atomic E-state index is -0.739. The molecule has 5 aromatic rings. The summed E-state index contributed by atoms with van der Waals surface area (Å²) < 4.78 is 46.2. The van der Waals surface area contributed by atoms with Gasteiger partial charge in [0.2, 0.25) is 0 Å². The molecule has 2 aromatic heterocycles. The van der Waals surface area contributed by atoms with Gasteiger partial charge in [-0.3, -0.25) is 4.68 Å². The van der Waals surface area contributed by atoms with E-state index in [1.165, 1.54) is 18.2 Å². The summed E-state index contributed by atoms with van der Waals surface area (Å²) in [4.78, 5) is 16.6. The number of benzene rings is 3. The number of hydrogen-bond acceptors (Lipinski definition) is 6. The SMILES string of the molecule is Cc1nn(C)c(C)c1-c1c(F)ccc2c(CCCOc3cccc4cc(F)ccc34)c(C(=O)OC(C)(C)C)n(CCC3CCC(N)CN3C)c12. The van der Waals surface area contributed by atoms with Gasteiger partial charge in [-0.15, -0.1) is 0 Å². The van der Waals surface area contributed by atoms with Crippen LogP contribution >= 0.6 is 0 Å². The first kappa shape index (κ1) is 35.5. The van der Waals surface area contributed by atoms with Gasteiger partial charge in [0, 0.05) is 59.8 Å². The molecule has 3 aromatic carbocycles. The van der Waals surface area contributed by atoms with Crippen LogP contribution in [0, 0.1) is 25.5 Å². The molecule has 10 heteroatoms. The number of hydrogen-bond donors (Lipinski definition) is 1. The summed E-state index contributed by atoms with van der Waals surface area (Å²) in [5.74, 6) is -0.438. The Kier molecular flexibility index (Phi) is 10.1. The van der Waals surface area contributed by atoms with Gasteiger partial charge in [0.1, 0.15) is 28.7 Å². The molecule has 2 atom stereocenters. The van der Waals surface area contributed by atoms with Crippen molar-refractivity contribution in [2.75, 3.05) is 20.2 Å². The summed E-state index contributed by atoms with van der Waals surface area (Å²) in [6.45, 7) is 11.1. The topological polar surface area (TPSA) is 87.5 Å². The molecule has 1 aliphatic heterocycles. The lowest BCUT2D eigenvalue weighted by atomic mass is 9.97. The van der Waals surface area contributed by atoms with Crippen molar-refractivity contribution >= 4 is 27.6 Å². The molecule has 8 nitrogen and oxygen atoms in total. The maximum atomic E-state index is 16.3. The normalized spacial score (nSPS) is 17.2. The first-order chi connectivity index (χ1) is 23.7. The Hall–Kier alpha value is -4.28. The Morgan fingerprint density at radius 3 is 2.48 bits per heavy atom. The second kappa shape index (κ2) is 14.2. The Labute approximate surface area is 293 Å². The summed E-state index contributed by atoms with van der Waals surface area (Å²) >= 11 is 0. The van der Waals surface area contributed by atoms with Crippen molar-refractivity contribution in [1.82, 2.24) is 19.2 Å². The number of ether oxygens (including phenoxy) is 2. The fourth-order valence-electron chi connectivity index (χ4n) is 7.56. The maximum Gasteiger partial charge on any atom is 0.355 e. The van der Waals surface area contributed by atoms with E-state index in [-0.39, 0.29) is 23.7 Å². The number of esters is 1. The number of fused-ring (bicyclic) bond motifs is 2. The van der Waals surface area contributed by atoms with Crippen molar-refractivity contribution in [2.45, 2.75) is 91.0 Å². The first-order valence-electron chi connectivity index (χ1n) is 17.6. The number of likely N-dealkylation sites (tertiary alicyclic amines) is 1. The van der Waals surface area contributed by atoms with Gasteiger partial charge >= 0.3 is 5.97 Å². The molecule has 1 fully saturated rings. The van der Waals surface area contributed by atoms with Crippen molar-refractivity contribution in [1.29, 1.82) is 0 Å². The number of nitrogens with zero attached hydrogens (tertiary/aromatic N) is 4. The van der Waals surface area contributed by atoms with Crippen LogP contribution in [0.2, 0.25) is 0 Å². The molecular formula is C40H49F2N5O3. The van der Waals surface area contributed by atoms with Crippen LogP contribution in [0.1, 0.15) is 73.9 Å². The Balaban J connectivity index is 1.45. The van der Waals surface area contributed by atoms with E-state index in [2.05, 4.69) is 17.0 Å². The highest BCUT2D eigenvalue weighted by molar-refractivity contribution is 6.05. The van der Waals surface area contributed by atoms with Crippen molar-refractivity contribution < 1.29 is 23.0 Å². The van der Waals surface area contributed by atoms with Crippen molar-refractivity contribution in [3.8, 4) is 16.9 Å². The monoisotopic (exact) mass is 685 g/mol. The van der Waals surface area contributed by atoms with E-state index in [0.29, 0.717) is 54.2 Å². The summed E-state index contributed by atoms with van der Waals surface area (Å²) in [6.07, 6.45) is 3.71. The maximum absolute atomic E-state index is 16.3. The molecule has 0 radical (unpaired) electrons. The van der Waals surface area contributed by atoms with Crippen molar-refractivity contribution in [3.63, 3.8) is 0 Å². The van der Waals surface area contributed by atoms with Gasteiger partial charge in [-0.2, -0.15) is 5.10 Å². The Bertz CT molecular complexity index is 2040. The van der Waals surface area contributed by atoms with E-state index in [0.717, 1.165) is 58.8 Å². The molecular weight excluding hydrogens is 636 g/mol. The minimum Gasteiger partial charge on any atom is -0.493 e. The van der Waals surface area contributed by atoms with Gasteiger partial charge in [-0.25, -0.2) is 13.6 Å². The van der Waals surface area contributed by atoms with Crippen molar-refractivity contribution in [2.24, 2.45) is 12.8 Å². The van der Waals surface area contributed by atoms with E-state index in [9.17, 15) is 9.18 Å². The van der Waals surface area contributed by atoms with Crippen LogP contribution in [0.4, 0.5) is 8.78 Å². The largest absolute Gasteiger partial charge is 0.493 e. The zero-order valence-electron chi connectivity index (χ0n) is 30.3. The van der Waals surface area contributed by atoms with Crippen molar-refractivity contribution in [3.05, 3.63) is 82.8 Å². The number of aryl methyl sites for hydroxylation is 4. The van der Waals surface area contributed by atoms with Crippen LogP contribution in [-0.4, -0.2) is 63.1 Å². The molecule has 0 aliphatic carbocycles. The number of piperidine rings is 1. The van der Waals surface area contributed by atoms with Crippen LogP contribution in [0.15, 0.2) is 48.5 Å². The van der Waals surface area contributed by atoms with Gasteiger partial charge in [0.15, 0.2) is 0 Å². The van der Waals surface area contributed by atoms with E-state index < -0.39 is 11.6 Å². The Morgan fingerprint density at radius 1 is 1.02 bits per heavy atom. The highest BCUT2D eigenvalue weighted by Crippen LogP contribution is 2.40. The van der Waals surface area contributed by atoms with Crippen LogP contribution < -0.4 is 10.5 Å². The summed E-state index contributed by atoms with van der Waals surface area (Å²) in [6, 6.07) is 13.9. The predicted molar refractivity (Wildman–Crippen MR) is 195 cm³/mol. The fraction of sp³-hybridized carbons (Fsp3) is 0.450. The highest BCUT2D eigenvalue weighted by Gasteiger charge is 2.32. The molecule has 266 valence electrons. The van der Waals surface area contributed by atoms with Crippen LogP contribution in [-0.2, 0) is 24.8 Å². The summed E-state index contributed by atoms with van der Waals surface area (Å²) in [5.41, 5.74) is 10.2. The number of rotatable bonds is 10. The molecule has 2 unspecified atom stereocenters. The number of likely N-dealkylation sites (N-methyl/N-ethyl adjacent to an activating group) is 1. The molecule has 0 bridgehead atoms. The lowest BCUT2D eigenvalue weighted by Crippen LogP contribution is -2.46. The van der Waals surface area contributed by atoms with E-state index >= 15 is 4.39 Å². The van der Waals surface area contributed by atoms with Gasteiger partial charge < -0.3 is 24.7 Å². The number of aromatic nitrogens is 3. The molecule has 6 rings (SSSR count). The number of carbonyl (C=O) groups is 1. The molecule has 50 heavy (non-hydrogen) atoms. The standard InChI is InChI=1S/C40H49F2N5O3/c1-24-35(25(2)46(7)44-24)36-33(42)18-17-32-31(11-9-21-49-34-12-8-10-26-22-27(41)13-16-30(26)34)38(39(48)50-40(3,4)5)47(37(32)36)20-19-29-15-14-28(43)23-45(29)6/h8,10,12-13,16-18,22,28-29H,9,11,14-15,19-21,23,43H2,1-7H3. The zero-order valence-corrected chi connectivity index (χ0v) is 30.3. The summed E-state index contributed by atoms with van der Waals surface area (Å²) in [7, 11) is 3.95. The summed E-state index contributed by atoms with van der Waals surface area (Å²) in [5, 5.41) is 7.03. The third-order valence-corrected chi connectivity index (χ3v) is 9.96. The molecule has 0 saturated carbocycles. The van der Waals surface area contributed by atoms with E-state index in [4.69, 9.17) is 15.2 Å². The molecule has 3 heterocycles. The van der Waals surface area contributed by atoms with Crippen LogP contribution in [0.5, 0.6) is 5.75 Å². The zero-order chi connectivity index (χ0) is 35.9. The average Bonchev–Trinajstić information content (AvgIpc) is 3.49. The lowest BCUT2D eigenvalue weighted by molar-refractivity contribution is 0.00560. The van der Waals surface area contributed by atoms with Crippen LogP contribution in [0.25, 0.3) is 32.8 Å².